The first-order chi connectivity index (χ1) is 7.58. The molecule has 0 atom stereocenters. The molecule has 0 aromatic heterocycles. The maximum absolute atomic E-state index is 11.4. The van der Waals surface area contributed by atoms with Crippen LogP contribution in [0.5, 0.6) is 5.75 Å². The molecule has 2 rings (SSSR count). The van der Waals surface area contributed by atoms with Crippen molar-refractivity contribution >= 4 is 40.3 Å². The van der Waals surface area contributed by atoms with Crippen molar-refractivity contribution in [2.45, 2.75) is 6.92 Å². The molecule has 1 aliphatic rings. The standard InChI is InChI=1S/C11H9NO2S2/c1-6-7(3-2-4-8(6)13)5-9-10(14)12-11(15)16-9/h2-5,13H,1H3,(H,12,14,15)/b9-5+. The van der Waals surface area contributed by atoms with E-state index in [1.165, 1.54) is 11.8 Å². The average Bonchev–Trinajstić information content (AvgIpc) is 2.53. The van der Waals surface area contributed by atoms with Crippen LogP contribution < -0.4 is 5.32 Å². The van der Waals surface area contributed by atoms with E-state index >= 15 is 0 Å². The number of phenolic OH excluding ortho intramolecular Hbond substituents is 1. The summed E-state index contributed by atoms with van der Waals surface area (Å²) in [5.41, 5.74) is 1.57. The molecule has 1 aromatic rings. The smallest absolute Gasteiger partial charge is 0.263 e. The first-order valence-corrected chi connectivity index (χ1v) is 5.84. The van der Waals surface area contributed by atoms with Gasteiger partial charge in [-0.05, 0) is 30.2 Å². The number of carbonyl (C=O) groups is 1. The Kier molecular flexibility index (Phi) is 2.98. The lowest BCUT2D eigenvalue weighted by atomic mass is 10.1. The molecule has 0 aliphatic carbocycles. The molecule has 82 valence electrons. The van der Waals surface area contributed by atoms with E-state index in [1.807, 2.05) is 6.07 Å². The number of thioether (sulfide) groups is 1. The molecule has 1 aliphatic heterocycles. The summed E-state index contributed by atoms with van der Waals surface area (Å²) in [6, 6.07) is 5.20. The quantitative estimate of drug-likeness (QED) is 0.593. The van der Waals surface area contributed by atoms with E-state index < -0.39 is 0 Å². The number of amides is 1. The van der Waals surface area contributed by atoms with Gasteiger partial charge in [0.05, 0.1) is 4.91 Å². The van der Waals surface area contributed by atoms with E-state index in [0.717, 1.165) is 11.1 Å². The van der Waals surface area contributed by atoms with Crippen LogP contribution in [0.25, 0.3) is 6.08 Å². The fourth-order valence-corrected chi connectivity index (χ4v) is 2.39. The summed E-state index contributed by atoms with van der Waals surface area (Å²) < 4.78 is 0.467. The second-order valence-corrected chi connectivity index (χ2v) is 5.06. The number of hydrogen-bond acceptors (Lipinski definition) is 4. The summed E-state index contributed by atoms with van der Waals surface area (Å²) in [5.74, 6) is 0.0399. The number of carbonyl (C=O) groups excluding carboxylic acids is 1. The normalized spacial score (nSPS) is 17.9. The van der Waals surface area contributed by atoms with Crippen molar-refractivity contribution in [3.63, 3.8) is 0 Å². The number of nitrogens with one attached hydrogen (secondary N) is 1. The van der Waals surface area contributed by atoms with E-state index in [2.05, 4.69) is 5.32 Å². The third-order valence-electron chi connectivity index (χ3n) is 2.28. The van der Waals surface area contributed by atoms with Crippen molar-refractivity contribution in [3.05, 3.63) is 34.2 Å². The van der Waals surface area contributed by atoms with Crippen LogP contribution in [-0.2, 0) is 4.79 Å². The SMILES string of the molecule is Cc1c(O)cccc1/C=C1/SC(=S)NC1=O. The van der Waals surface area contributed by atoms with Gasteiger partial charge >= 0.3 is 0 Å². The Balaban J connectivity index is 2.40. The average molecular weight is 251 g/mol. The van der Waals surface area contributed by atoms with Crippen LogP contribution in [0.3, 0.4) is 0 Å². The summed E-state index contributed by atoms with van der Waals surface area (Å²) in [5, 5.41) is 12.1. The van der Waals surface area contributed by atoms with Crippen LogP contribution in [-0.4, -0.2) is 15.3 Å². The Bertz CT molecular complexity index is 509. The van der Waals surface area contributed by atoms with Crippen LogP contribution in [0.4, 0.5) is 0 Å². The van der Waals surface area contributed by atoms with Crippen LogP contribution >= 0.6 is 24.0 Å². The van der Waals surface area contributed by atoms with Crippen molar-refractivity contribution in [2.24, 2.45) is 0 Å². The summed E-state index contributed by atoms with van der Waals surface area (Å²) in [7, 11) is 0. The van der Waals surface area contributed by atoms with E-state index in [0.29, 0.717) is 9.23 Å². The van der Waals surface area contributed by atoms with Crippen LogP contribution in [0.15, 0.2) is 23.1 Å². The van der Waals surface area contributed by atoms with Gasteiger partial charge in [-0.25, -0.2) is 0 Å². The van der Waals surface area contributed by atoms with Crippen molar-refractivity contribution < 1.29 is 9.90 Å². The molecule has 3 nitrogen and oxygen atoms in total. The molecule has 1 aromatic carbocycles. The highest BCUT2D eigenvalue weighted by Crippen LogP contribution is 2.28. The minimum Gasteiger partial charge on any atom is -0.508 e. The zero-order chi connectivity index (χ0) is 11.7. The van der Waals surface area contributed by atoms with Crippen molar-refractivity contribution in [3.8, 4) is 5.75 Å². The largest absolute Gasteiger partial charge is 0.508 e. The summed E-state index contributed by atoms with van der Waals surface area (Å²) in [6.07, 6.45) is 1.73. The first-order valence-electron chi connectivity index (χ1n) is 4.61. The molecule has 0 spiro atoms. The Hall–Kier alpha value is -1.33. The molecule has 0 radical (unpaired) electrons. The molecule has 2 N–H and O–H groups in total. The van der Waals surface area contributed by atoms with Crippen LogP contribution in [0.1, 0.15) is 11.1 Å². The lowest BCUT2D eigenvalue weighted by Crippen LogP contribution is -2.17. The Morgan fingerprint density at radius 3 is 2.88 bits per heavy atom. The minimum absolute atomic E-state index is 0.183. The Morgan fingerprint density at radius 1 is 1.50 bits per heavy atom. The predicted octanol–water partition coefficient (Wildman–Crippen LogP) is 2.19. The highest BCUT2D eigenvalue weighted by atomic mass is 32.2. The van der Waals surface area contributed by atoms with Crippen molar-refractivity contribution in [1.82, 2.24) is 5.32 Å². The topological polar surface area (TPSA) is 49.3 Å². The van der Waals surface area contributed by atoms with Crippen molar-refractivity contribution in [1.29, 1.82) is 0 Å². The zero-order valence-electron chi connectivity index (χ0n) is 8.48. The highest BCUT2D eigenvalue weighted by Gasteiger charge is 2.22. The molecular weight excluding hydrogens is 242 g/mol. The van der Waals surface area contributed by atoms with Crippen LogP contribution in [0.2, 0.25) is 0 Å². The van der Waals surface area contributed by atoms with Gasteiger partial charge in [0.25, 0.3) is 5.91 Å². The second-order valence-electron chi connectivity index (χ2n) is 3.34. The lowest BCUT2D eigenvalue weighted by Gasteiger charge is -2.02. The molecule has 0 unspecified atom stereocenters. The molecule has 1 amide bonds. The zero-order valence-corrected chi connectivity index (χ0v) is 10.1. The third-order valence-corrected chi connectivity index (χ3v) is 3.44. The van der Waals surface area contributed by atoms with Gasteiger partial charge in [0.15, 0.2) is 0 Å². The van der Waals surface area contributed by atoms with Gasteiger partial charge in [0.2, 0.25) is 0 Å². The minimum atomic E-state index is -0.183. The predicted molar refractivity (Wildman–Crippen MR) is 69.2 cm³/mol. The molecule has 1 saturated heterocycles. The number of rotatable bonds is 1. The summed E-state index contributed by atoms with van der Waals surface area (Å²) in [4.78, 5) is 12.0. The number of thiocarbonyl (C=S) groups is 1. The Labute approximate surface area is 103 Å². The first kappa shape index (κ1) is 11.2. The molecule has 0 bridgehead atoms. The molecule has 0 saturated carbocycles. The van der Waals surface area contributed by atoms with E-state index in [-0.39, 0.29) is 11.7 Å². The molecule has 1 heterocycles. The van der Waals surface area contributed by atoms with Crippen LogP contribution in [0, 0.1) is 6.92 Å². The fraction of sp³-hybridized carbons (Fsp3) is 0.0909. The van der Waals surface area contributed by atoms with Gasteiger partial charge < -0.3 is 10.4 Å². The number of benzene rings is 1. The van der Waals surface area contributed by atoms with E-state index in [1.54, 1.807) is 25.1 Å². The summed E-state index contributed by atoms with van der Waals surface area (Å²) in [6.45, 7) is 1.80. The van der Waals surface area contributed by atoms with Gasteiger partial charge in [0.1, 0.15) is 10.1 Å². The van der Waals surface area contributed by atoms with E-state index in [9.17, 15) is 9.90 Å². The monoisotopic (exact) mass is 251 g/mol. The summed E-state index contributed by atoms with van der Waals surface area (Å²) >= 11 is 6.12. The van der Waals surface area contributed by atoms with Crippen molar-refractivity contribution in [2.75, 3.05) is 0 Å². The van der Waals surface area contributed by atoms with Gasteiger partial charge in [-0.15, -0.1) is 0 Å². The second kappa shape index (κ2) is 4.27. The van der Waals surface area contributed by atoms with E-state index in [4.69, 9.17) is 12.2 Å². The van der Waals surface area contributed by atoms with Gasteiger partial charge in [0, 0.05) is 0 Å². The van der Waals surface area contributed by atoms with Gasteiger partial charge in [-0.2, -0.15) is 0 Å². The number of hydrogen-bond donors (Lipinski definition) is 2. The number of aromatic hydroxyl groups is 1. The molecule has 16 heavy (non-hydrogen) atoms. The molecular formula is C11H9NO2S2. The number of phenols is 1. The fourth-order valence-electron chi connectivity index (χ4n) is 1.36. The molecule has 5 heteroatoms. The Morgan fingerprint density at radius 2 is 2.25 bits per heavy atom. The maximum Gasteiger partial charge on any atom is 0.263 e. The van der Waals surface area contributed by atoms with Gasteiger partial charge in [-0.1, -0.05) is 36.1 Å². The lowest BCUT2D eigenvalue weighted by molar-refractivity contribution is -0.115. The van der Waals surface area contributed by atoms with Gasteiger partial charge in [-0.3, -0.25) is 4.79 Å². The maximum atomic E-state index is 11.4. The molecule has 1 fully saturated rings. The highest BCUT2D eigenvalue weighted by molar-refractivity contribution is 8.26. The third kappa shape index (κ3) is 2.10.